The van der Waals surface area contributed by atoms with Gasteiger partial charge in [0.25, 0.3) is 0 Å². The maximum atomic E-state index is 8.47. The van der Waals surface area contributed by atoms with Gasteiger partial charge >= 0.3 is 0 Å². The Hall–Kier alpha value is -0.780. The van der Waals surface area contributed by atoms with Gasteiger partial charge in [-0.3, -0.25) is 0 Å². The molecule has 11 heavy (non-hydrogen) atoms. The molecule has 0 aliphatic carbocycles. The van der Waals surface area contributed by atoms with Crippen molar-refractivity contribution in [3.63, 3.8) is 0 Å². The molecule has 0 unspecified atom stereocenters. The molecule has 0 fully saturated rings. The number of aliphatic hydroxyl groups excluding tert-OH is 1. The van der Waals surface area contributed by atoms with Crippen LogP contribution in [0.15, 0.2) is 11.4 Å². The third-order valence-corrected chi connectivity index (χ3v) is 2.23. The highest BCUT2D eigenvalue weighted by Crippen LogP contribution is 2.13. The minimum absolute atomic E-state index is 0.150. The van der Waals surface area contributed by atoms with Gasteiger partial charge in [-0.2, -0.15) is 0 Å². The van der Waals surface area contributed by atoms with E-state index in [-0.39, 0.29) is 6.61 Å². The second-order valence-electron chi connectivity index (χ2n) is 2.21. The minimum atomic E-state index is 0.150. The lowest BCUT2D eigenvalue weighted by Gasteiger charge is -1.83. The highest BCUT2D eigenvalue weighted by Gasteiger charge is 1.92. The summed E-state index contributed by atoms with van der Waals surface area (Å²) in [4.78, 5) is 1.11. The number of aryl methyl sites for hydroxylation is 1. The Morgan fingerprint density at radius 3 is 3.00 bits per heavy atom. The van der Waals surface area contributed by atoms with E-state index in [2.05, 4.69) is 11.8 Å². The van der Waals surface area contributed by atoms with E-state index >= 15 is 0 Å². The molecule has 0 spiro atoms. The van der Waals surface area contributed by atoms with Gasteiger partial charge in [0, 0.05) is 6.42 Å². The van der Waals surface area contributed by atoms with E-state index in [1.807, 2.05) is 18.4 Å². The molecule has 1 aromatic heterocycles. The molecule has 0 saturated carbocycles. The molecular weight excluding hydrogens is 156 g/mol. The fourth-order valence-electron chi connectivity index (χ4n) is 0.699. The Labute approximate surface area is 70.7 Å². The molecule has 1 nitrogen and oxygen atoms in total. The molecule has 1 heterocycles. The molecule has 1 N–H and O–H groups in total. The van der Waals surface area contributed by atoms with Gasteiger partial charge < -0.3 is 5.11 Å². The van der Waals surface area contributed by atoms with E-state index in [0.29, 0.717) is 6.42 Å². The first kappa shape index (κ1) is 8.32. The molecule has 0 bridgehead atoms. The van der Waals surface area contributed by atoms with E-state index < -0.39 is 0 Å². The van der Waals surface area contributed by atoms with Gasteiger partial charge in [0.05, 0.1) is 11.5 Å². The van der Waals surface area contributed by atoms with Crippen LogP contribution in [0, 0.1) is 18.8 Å². The summed E-state index contributed by atoms with van der Waals surface area (Å²) in [6.45, 7) is 2.19. The van der Waals surface area contributed by atoms with Crippen molar-refractivity contribution in [2.24, 2.45) is 0 Å². The lowest BCUT2D eigenvalue weighted by Crippen LogP contribution is -1.76. The number of rotatable bonds is 1. The van der Waals surface area contributed by atoms with Crippen molar-refractivity contribution in [2.75, 3.05) is 6.61 Å². The van der Waals surface area contributed by atoms with E-state index in [0.717, 1.165) is 4.88 Å². The summed E-state index contributed by atoms with van der Waals surface area (Å²) in [5.74, 6) is 5.89. The van der Waals surface area contributed by atoms with Crippen LogP contribution in [0.25, 0.3) is 0 Å². The van der Waals surface area contributed by atoms with Crippen LogP contribution in [-0.4, -0.2) is 11.7 Å². The Balaban J connectivity index is 2.65. The summed E-state index contributed by atoms with van der Waals surface area (Å²) in [6, 6.07) is 2.05. The number of thiophene rings is 1. The van der Waals surface area contributed by atoms with E-state index in [1.165, 1.54) is 5.56 Å². The van der Waals surface area contributed by atoms with Crippen molar-refractivity contribution in [3.8, 4) is 11.8 Å². The Morgan fingerprint density at radius 2 is 2.45 bits per heavy atom. The zero-order valence-electron chi connectivity index (χ0n) is 6.42. The van der Waals surface area contributed by atoms with Crippen LogP contribution in [0.5, 0.6) is 0 Å². The van der Waals surface area contributed by atoms with Gasteiger partial charge in [0.1, 0.15) is 0 Å². The first-order valence-corrected chi connectivity index (χ1v) is 4.36. The Bertz CT molecular complexity index is 277. The predicted octanol–water partition coefficient (Wildman–Crippen LogP) is 1.79. The number of hydrogen-bond acceptors (Lipinski definition) is 2. The van der Waals surface area contributed by atoms with E-state index in [9.17, 15) is 0 Å². The summed E-state index contributed by atoms with van der Waals surface area (Å²) in [5, 5.41) is 10.5. The number of aliphatic hydroxyl groups is 1. The quantitative estimate of drug-likeness (QED) is 0.631. The zero-order valence-corrected chi connectivity index (χ0v) is 7.24. The second-order valence-corrected chi connectivity index (χ2v) is 3.12. The van der Waals surface area contributed by atoms with Crippen molar-refractivity contribution >= 4 is 11.3 Å². The first-order valence-electron chi connectivity index (χ1n) is 3.48. The molecule has 0 aliphatic heterocycles. The third-order valence-electron chi connectivity index (χ3n) is 1.30. The van der Waals surface area contributed by atoms with Gasteiger partial charge in [0.2, 0.25) is 0 Å². The molecule has 0 atom stereocenters. The molecule has 0 radical (unpaired) electrons. The molecule has 0 amide bonds. The molecule has 58 valence electrons. The van der Waals surface area contributed by atoms with Gasteiger partial charge in [-0.25, -0.2) is 0 Å². The lowest BCUT2D eigenvalue weighted by molar-refractivity contribution is 0.305. The monoisotopic (exact) mass is 166 g/mol. The third kappa shape index (κ3) is 2.38. The second kappa shape index (κ2) is 4.17. The maximum absolute atomic E-state index is 8.47. The van der Waals surface area contributed by atoms with Crippen molar-refractivity contribution in [2.45, 2.75) is 13.3 Å². The van der Waals surface area contributed by atoms with Crippen molar-refractivity contribution in [1.82, 2.24) is 0 Å². The molecule has 0 saturated heterocycles. The summed E-state index contributed by atoms with van der Waals surface area (Å²) in [7, 11) is 0. The predicted molar refractivity (Wildman–Crippen MR) is 47.6 cm³/mol. The lowest BCUT2D eigenvalue weighted by atomic mass is 10.3. The highest BCUT2D eigenvalue weighted by atomic mass is 32.1. The molecule has 1 aromatic rings. The van der Waals surface area contributed by atoms with Crippen molar-refractivity contribution in [3.05, 3.63) is 21.9 Å². The summed E-state index contributed by atoms with van der Waals surface area (Å²) in [5.41, 5.74) is 1.22. The Kier molecular flexibility index (Phi) is 3.15. The topological polar surface area (TPSA) is 20.2 Å². The zero-order chi connectivity index (χ0) is 8.10. The molecular formula is C9H10OS. The van der Waals surface area contributed by atoms with Crippen LogP contribution in [0.2, 0.25) is 0 Å². The highest BCUT2D eigenvalue weighted by molar-refractivity contribution is 7.10. The fourth-order valence-corrected chi connectivity index (χ4v) is 1.49. The van der Waals surface area contributed by atoms with Crippen molar-refractivity contribution < 1.29 is 5.11 Å². The smallest absolute Gasteiger partial charge is 0.0797 e. The van der Waals surface area contributed by atoms with Gasteiger partial charge in [-0.05, 0) is 23.9 Å². The van der Waals surface area contributed by atoms with Crippen LogP contribution in [0.1, 0.15) is 16.9 Å². The molecule has 1 rings (SSSR count). The number of hydrogen-bond donors (Lipinski definition) is 1. The van der Waals surface area contributed by atoms with Gasteiger partial charge in [-0.1, -0.05) is 11.8 Å². The fraction of sp³-hybridized carbons (Fsp3) is 0.333. The normalized spacial score (nSPS) is 8.91. The average molecular weight is 166 g/mol. The van der Waals surface area contributed by atoms with Crippen LogP contribution in [-0.2, 0) is 0 Å². The molecule has 0 aliphatic rings. The average Bonchev–Trinajstić information content (AvgIpc) is 2.37. The maximum Gasteiger partial charge on any atom is 0.0797 e. The van der Waals surface area contributed by atoms with E-state index in [4.69, 9.17) is 5.11 Å². The van der Waals surface area contributed by atoms with Gasteiger partial charge in [-0.15, -0.1) is 11.3 Å². The summed E-state index contributed by atoms with van der Waals surface area (Å²) in [6.07, 6.45) is 0.567. The van der Waals surface area contributed by atoms with Gasteiger partial charge in [0.15, 0.2) is 0 Å². The molecule has 0 aromatic carbocycles. The molecule has 2 heteroatoms. The summed E-state index contributed by atoms with van der Waals surface area (Å²) < 4.78 is 0. The van der Waals surface area contributed by atoms with Crippen LogP contribution >= 0.6 is 11.3 Å². The largest absolute Gasteiger partial charge is 0.395 e. The van der Waals surface area contributed by atoms with Crippen molar-refractivity contribution in [1.29, 1.82) is 0 Å². The SMILES string of the molecule is Cc1ccsc1C#CCCO. The van der Waals surface area contributed by atoms with Crippen LogP contribution in [0.3, 0.4) is 0 Å². The van der Waals surface area contributed by atoms with Crippen LogP contribution < -0.4 is 0 Å². The van der Waals surface area contributed by atoms with Crippen LogP contribution in [0.4, 0.5) is 0 Å². The first-order chi connectivity index (χ1) is 5.34. The Morgan fingerprint density at radius 1 is 1.64 bits per heavy atom. The standard InChI is InChI=1S/C9H10OS/c1-8-5-7-11-9(8)4-2-3-6-10/h5,7,10H,3,6H2,1H3. The minimum Gasteiger partial charge on any atom is -0.395 e. The summed E-state index contributed by atoms with van der Waals surface area (Å²) >= 11 is 1.64. The van der Waals surface area contributed by atoms with E-state index in [1.54, 1.807) is 11.3 Å².